The molecule has 0 bridgehead atoms. The van der Waals surface area contributed by atoms with Gasteiger partial charge in [-0.2, -0.15) is 0 Å². The second-order valence-corrected chi connectivity index (χ2v) is 11.6. The van der Waals surface area contributed by atoms with Crippen LogP contribution in [-0.2, 0) is 22.5 Å². The van der Waals surface area contributed by atoms with Crippen molar-refractivity contribution in [2.75, 3.05) is 29.4 Å². The van der Waals surface area contributed by atoms with Crippen LogP contribution in [0.15, 0.2) is 84.9 Å². The van der Waals surface area contributed by atoms with Crippen LogP contribution in [-0.4, -0.2) is 48.2 Å². The molecule has 6 nitrogen and oxygen atoms in total. The van der Waals surface area contributed by atoms with Crippen LogP contribution in [0.5, 0.6) is 0 Å². The Hall–Kier alpha value is -3.90. The number of carbonyl (C=O) groups is 2. The molecule has 5 rings (SSSR count). The van der Waals surface area contributed by atoms with Gasteiger partial charge in [-0.25, -0.2) is 4.79 Å². The molecule has 6 heteroatoms. The number of piperidine rings is 1. The van der Waals surface area contributed by atoms with E-state index in [9.17, 15) is 9.59 Å². The molecule has 1 saturated heterocycles. The molecule has 0 saturated carbocycles. The molecule has 2 aliphatic rings. The number of benzene rings is 3. The van der Waals surface area contributed by atoms with Crippen LogP contribution in [0.4, 0.5) is 16.2 Å². The third-order valence-electron chi connectivity index (χ3n) is 7.48. The number of hydrogen-bond acceptors (Lipinski definition) is 4. The van der Waals surface area contributed by atoms with E-state index in [1.54, 1.807) is 11.0 Å². The highest BCUT2D eigenvalue weighted by Crippen LogP contribution is 2.35. The highest BCUT2D eigenvalue weighted by atomic mass is 16.6. The van der Waals surface area contributed by atoms with E-state index in [-0.39, 0.29) is 18.0 Å². The zero-order valence-electron chi connectivity index (χ0n) is 23.8. The number of likely N-dealkylation sites (tertiary alicyclic amines) is 1. The number of fused-ring (bicyclic) bond motifs is 1. The number of rotatable bonds is 6. The van der Waals surface area contributed by atoms with Crippen molar-refractivity contribution in [2.45, 2.75) is 58.2 Å². The molecule has 3 aromatic rings. The number of amides is 2. The predicted molar refractivity (Wildman–Crippen MR) is 161 cm³/mol. The molecule has 208 valence electrons. The van der Waals surface area contributed by atoms with E-state index < -0.39 is 5.60 Å². The summed E-state index contributed by atoms with van der Waals surface area (Å²) < 4.78 is 5.68. The molecule has 2 amide bonds. The molecule has 2 aliphatic heterocycles. The van der Waals surface area contributed by atoms with Gasteiger partial charge in [0.15, 0.2) is 0 Å². The number of ether oxygens (including phenoxy) is 1. The van der Waals surface area contributed by atoms with Gasteiger partial charge < -0.3 is 9.64 Å². The minimum absolute atomic E-state index is 0.0490. The molecule has 0 spiro atoms. The minimum Gasteiger partial charge on any atom is -0.443 e. The van der Waals surface area contributed by atoms with E-state index >= 15 is 0 Å². The monoisotopic (exact) mass is 537 g/mol. The zero-order chi connectivity index (χ0) is 28.1. The smallest absolute Gasteiger partial charge is 0.414 e. The first-order chi connectivity index (χ1) is 19.3. The number of hydrogen-bond donors (Lipinski definition) is 0. The topological polar surface area (TPSA) is 53.1 Å². The molecule has 0 atom stereocenters. The summed E-state index contributed by atoms with van der Waals surface area (Å²) in [5.74, 6) is -0.0490. The van der Waals surface area contributed by atoms with Gasteiger partial charge in [-0.1, -0.05) is 66.7 Å². The first-order valence-corrected chi connectivity index (χ1v) is 14.2. The second-order valence-electron chi connectivity index (χ2n) is 11.6. The van der Waals surface area contributed by atoms with Gasteiger partial charge in [0.1, 0.15) is 5.60 Å². The van der Waals surface area contributed by atoms with Gasteiger partial charge in [0.25, 0.3) is 5.91 Å². The van der Waals surface area contributed by atoms with Crippen LogP contribution in [0.2, 0.25) is 0 Å². The Bertz CT molecular complexity index is 1340. The lowest BCUT2D eigenvalue weighted by Crippen LogP contribution is -2.47. The first-order valence-electron chi connectivity index (χ1n) is 14.2. The van der Waals surface area contributed by atoms with Crippen LogP contribution < -0.4 is 9.80 Å². The van der Waals surface area contributed by atoms with Crippen molar-refractivity contribution >= 4 is 29.5 Å². The quantitative estimate of drug-likeness (QED) is 0.329. The molecule has 3 aromatic carbocycles. The number of nitrogens with zero attached hydrogens (tertiary/aromatic N) is 3. The van der Waals surface area contributed by atoms with Crippen molar-refractivity contribution in [3.63, 3.8) is 0 Å². The highest BCUT2D eigenvalue weighted by molar-refractivity contribution is 6.05. The van der Waals surface area contributed by atoms with E-state index in [1.807, 2.05) is 80.3 Å². The van der Waals surface area contributed by atoms with E-state index in [4.69, 9.17) is 4.74 Å². The summed E-state index contributed by atoms with van der Waals surface area (Å²) in [5.41, 5.74) is 4.46. The van der Waals surface area contributed by atoms with Crippen LogP contribution in [0.3, 0.4) is 0 Å². The standard InChI is InChI=1S/C34H39N3O3/c1-34(2,3)40-33(39)36-23-18-28-15-16-30(24-31(28)36)37(32(38)17-14-26-10-6-4-7-11-26)29-19-21-35(22-20-29)25-27-12-8-5-9-13-27/h4-17,24,29H,18-23,25H2,1-3H3. The Kier molecular flexibility index (Phi) is 8.36. The Labute approximate surface area is 237 Å². The Balaban J connectivity index is 1.39. The average Bonchev–Trinajstić information content (AvgIpc) is 3.37. The number of carbonyl (C=O) groups excluding carboxylic acids is 2. The lowest BCUT2D eigenvalue weighted by atomic mass is 10.0. The Morgan fingerprint density at radius 2 is 1.60 bits per heavy atom. The maximum Gasteiger partial charge on any atom is 0.414 e. The van der Waals surface area contributed by atoms with Gasteiger partial charge in [0.2, 0.25) is 0 Å². The molecule has 40 heavy (non-hydrogen) atoms. The van der Waals surface area contributed by atoms with Gasteiger partial charge in [0, 0.05) is 44.0 Å². The van der Waals surface area contributed by atoms with Crippen LogP contribution in [0.1, 0.15) is 50.3 Å². The maximum absolute atomic E-state index is 13.8. The van der Waals surface area contributed by atoms with E-state index in [0.29, 0.717) is 6.54 Å². The van der Waals surface area contributed by atoms with E-state index in [2.05, 4.69) is 35.2 Å². The van der Waals surface area contributed by atoms with Gasteiger partial charge in [0.05, 0.1) is 5.69 Å². The van der Waals surface area contributed by atoms with Crippen molar-refractivity contribution < 1.29 is 14.3 Å². The fourth-order valence-corrected chi connectivity index (χ4v) is 5.53. The lowest BCUT2D eigenvalue weighted by Gasteiger charge is -2.38. The Morgan fingerprint density at radius 1 is 0.925 bits per heavy atom. The van der Waals surface area contributed by atoms with Crippen molar-refractivity contribution in [3.05, 3.63) is 102 Å². The summed E-state index contributed by atoms with van der Waals surface area (Å²) in [5, 5.41) is 0. The maximum atomic E-state index is 13.8. The zero-order valence-corrected chi connectivity index (χ0v) is 23.8. The van der Waals surface area contributed by atoms with E-state index in [1.165, 1.54) is 5.56 Å². The minimum atomic E-state index is -0.574. The fourth-order valence-electron chi connectivity index (χ4n) is 5.53. The molecular formula is C34H39N3O3. The van der Waals surface area contributed by atoms with Gasteiger partial charge in [-0.3, -0.25) is 14.6 Å². The Morgan fingerprint density at radius 3 is 2.27 bits per heavy atom. The lowest BCUT2D eigenvalue weighted by molar-refractivity contribution is -0.114. The molecule has 0 aromatic heterocycles. The van der Waals surface area contributed by atoms with Crippen molar-refractivity contribution in [3.8, 4) is 0 Å². The van der Waals surface area contributed by atoms with Gasteiger partial charge >= 0.3 is 6.09 Å². The van der Waals surface area contributed by atoms with Gasteiger partial charge in [-0.05, 0) is 74.9 Å². The largest absolute Gasteiger partial charge is 0.443 e. The third-order valence-corrected chi connectivity index (χ3v) is 7.48. The summed E-state index contributed by atoms with van der Waals surface area (Å²) in [6.45, 7) is 8.96. The second kappa shape index (κ2) is 12.1. The SMILES string of the molecule is CC(C)(C)OC(=O)N1CCc2ccc(N(C(=O)C=Cc3ccccc3)C3CCN(Cc4ccccc4)CC3)cc21. The molecule has 1 fully saturated rings. The summed E-state index contributed by atoms with van der Waals surface area (Å²) in [7, 11) is 0. The van der Waals surface area contributed by atoms with Crippen LogP contribution in [0, 0.1) is 0 Å². The summed E-state index contributed by atoms with van der Waals surface area (Å²) in [4.78, 5) is 32.9. The van der Waals surface area contributed by atoms with E-state index in [0.717, 1.165) is 61.4 Å². The summed E-state index contributed by atoms with van der Waals surface area (Å²) in [6.07, 6.45) is 5.73. The molecule has 0 radical (unpaired) electrons. The van der Waals surface area contributed by atoms with Gasteiger partial charge in [-0.15, -0.1) is 0 Å². The molecule has 2 heterocycles. The first kappa shape index (κ1) is 27.7. The summed E-state index contributed by atoms with van der Waals surface area (Å²) >= 11 is 0. The molecule has 0 N–H and O–H groups in total. The molecule has 0 unspecified atom stereocenters. The summed E-state index contributed by atoms with van der Waals surface area (Å²) in [6, 6.07) is 26.6. The average molecular weight is 538 g/mol. The van der Waals surface area contributed by atoms with Crippen LogP contribution in [0.25, 0.3) is 6.08 Å². The van der Waals surface area contributed by atoms with Crippen LogP contribution >= 0.6 is 0 Å². The molecule has 0 aliphatic carbocycles. The normalized spacial score (nSPS) is 16.2. The highest BCUT2D eigenvalue weighted by Gasteiger charge is 2.32. The third kappa shape index (κ3) is 6.80. The van der Waals surface area contributed by atoms with Crippen molar-refractivity contribution in [1.29, 1.82) is 0 Å². The number of anilines is 2. The van der Waals surface area contributed by atoms with Crippen molar-refractivity contribution in [2.24, 2.45) is 0 Å². The predicted octanol–water partition coefficient (Wildman–Crippen LogP) is 6.70. The molecular weight excluding hydrogens is 498 g/mol. The van der Waals surface area contributed by atoms with Crippen molar-refractivity contribution in [1.82, 2.24) is 4.90 Å². The fraction of sp³-hybridized carbons (Fsp3) is 0.353.